The quantitative estimate of drug-likeness (QED) is 0.878. The molecule has 1 aliphatic heterocycles. The Kier molecular flexibility index (Phi) is 5.25. The maximum Gasteiger partial charge on any atom is 0.410 e. The van der Waals surface area contributed by atoms with Crippen LogP contribution in [0.5, 0.6) is 0 Å². The summed E-state index contributed by atoms with van der Waals surface area (Å²) < 4.78 is 4.89. The molecule has 0 radical (unpaired) electrons. The molecule has 6 nitrogen and oxygen atoms in total. The minimum absolute atomic E-state index is 0.112. The Hall–Kier alpha value is -2.24. The molecule has 22 heavy (non-hydrogen) atoms. The third-order valence-corrected chi connectivity index (χ3v) is 3.79. The number of carbonyl (C=O) groups excluding carboxylic acids is 2. The van der Waals surface area contributed by atoms with Gasteiger partial charge in [0.05, 0.1) is 6.54 Å². The monoisotopic (exact) mass is 305 g/mol. The van der Waals surface area contributed by atoms with Crippen molar-refractivity contribution in [1.29, 1.82) is 0 Å². The summed E-state index contributed by atoms with van der Waals surface area (Å²) in [5.74, 6) is 0.383. The first-order valence-corrected chi connectivity index (χ1v) is 7.54. The second kappa shape index (κ2) is 7.15. The van der Waals surface area contributed by atoms with Gasteiger partial charge in [-0.2, -0.15) is 0 Å². The zero-order chi connectivity index (χ0) is 16.1. The van der Waals surface area contributed by atoms with Crippen LogP contribution in [0.3, 0.4) is 0 Å². The maximum absolute atomic E-state index is 11.8. The van der Waals surface area contributed by atoms with Crippen LogP contribution in [0.2, 0.25) is 0 Å². The third-order valence-electron chi connectivity index (χ3n) is 3.79. The summed E-state index contributed by atoms with van der Waals surface area (Å²) in [6.07, 6.45) is -0.274. The maximum atomic E-state index is 11.8. The number of ether oxygens (including phenoxy) is 1. The molecule has 2 N–H and O–H groups in total. The molecule has 0 spiro atoms. The molecule has 1 aliphatic rings. The van der Waals surface area contributed by atoms with E-state index in [9.17, 15) is 9.59 Å². The molecule has 120 valence electrons. The molecule has 1 unspecified atom stereocenters. The Balaban J connectivity index is 1.86. The van der Waals surface area contributed by atoms with Gasteiger partial charge in [0.2, 0.25) is 0 Å². The van der Waals surface area contributed by atoms with E-state index < -0.39 is 0 Å². The van der Waals surface area contributed by atoms with Crippen LogP contribution in [0.4, 0.5) is 15.3 Å². The number of benzene rings is 1. The summed E-state index contributed by atoms with van der Waals surface area (Å²) in [5.41, 5.74) is 1.72. The van der Waals surface area contributed by atoms with E-state index in [1.165, 1.54) is 0 Å². The predicted molar refractivity (Wildman–Crippen MR) is 84.7 cm³/mol. The number of hydrogen-bond acceptors (Lipinski definition) is 3. The highest BCUT2D eigenvalue weighted by Crippen LogP contribution is 2.14. The minimum Gasteiger partial charge on any atom is -0.448 e. The fraction of sp³-hybridized carbons (Fsp3) is 0.500. The van der Waals surface area contributed by atoms with Crippen LogP contribution in [-0.4, -0.2) is 36.2 Å². The number of amides is 3. The number of carbonyl (C=O) groups is 2. The number of nitrogens with one attached hydrogen (secondary N) is 2. The van der Waals surface area contributed by atoms with E-state index in [0.29, 0.717) is 25.6 Å². The molecule has 6 heteroatoms. The lowest BCUT2D eigenvalue weighted by atomic mass is 10.1. The first kappa shape index (κ1) is 16.1. The van der Waals surface area contributed by atoms with E-state index >= 15 is 0 Å². The topological polar surface area (TPSA) is 70.7 Å². The second-order valence-electron chi connectivity index (χ2n) is 5.86. The van der Waals surface area contributed by atoms with Gasteiger partial charge in [-0.25, -0.2) is 9.59 Å². The first-order valence-electron chi connectivity index (χ1n) is 7.54. The fourth-order valence-electron chi connectivity index (χ4n) is 2.02. The molecule has 0 bridgehead atoms. The number of anilines is 1. The second-order valence-corrected chi connectivity index (χ2v) is 5.86. The summed E-state index contributed by atoms with van der Waals surface area (Å²) in [6, 6.07) is 7.35. The van der Waals surface area contributed by atoms with Crippen molar-refractivity contribution in [2.45, 2.75) is 33.4 Å². The van der Waals surface area contributed by atoms with E-state index in [-0.39, 0.29) is 18.2 Å². The van der Waals surface area contributed by atoms with Crippen LogP contribution in [0.25, 0.3) is 0 Å². The number of hydrogen-bond donors (Lipinski definition) is 2. The zero-order valence-corrected chi connectivity index (χ0v) is 13.3. The average molecular weight is 305 g/mol. The van der Waals surface area contributed by atoms with Crippen molar-refractivity contribution in [1.82, 2.24) is 10.2 Å². The zero-order valence-electron chi connectivity index (χ0n) is 13.3. The van der Waals surface area contributed by atoms with Crippen molar-refractivity contribution in [3.05, 3.63) is 29.8 Å². The largest absolute Gasteiger partial charge is 0.448 e. The molecular weight excluding hydrogens is 282 g/mol. The molecule has 0 saturated carbocycles. The SMILES string of the molecule is CC(C)C(C)NC(=O)Nc1ccc(CN2CCOC2=O)cc1. The van der Waals surface area contributed by atoms with Crippen LogP contribution in [-0.2, 0) is 11.3 Å². The van der Waals surface area contributed by atoms with Crippen molar-refractivity contribution in [3.8, 4) is 0 Å². The predicted octanol–water partition coefficient (Wildman–Crippen LogP) is 2.80. The van der Waals surface area contributed by atoms with E-state index in [1.807, 2.05) is 31.2 Å². The van der Waals surface area contributed by atoms with E-state index in [2.05, 4.69) is 24.5 Å². The Morgan fingerprint density at radius 2 is 1.95 bits per heavy atom. The Morgan fingerprint density at radius 1 is 1.27 bits per heavy atom. The van der Waals surface area contributed by atoms with Gasteiger partial charge in [0.15, 0.2) is 0 Å². The number of rotatable bonds is 5. The molecule has 1 saturated heterocycles. The molecule has 3 amide bonds. The molecule has 1 aromatic rings. The molecule has 1 fully saturated rings. The Bertz CT molecular complexity index is 528. The van der Waals surface area contributed by atoms with Gasteiger partial charge in [-0.1, -0.05) is 26.0 Å². The normalized spacial score (nSPS) is 15.6. The van der Waals surface area contributed by atoms with Crippen LogP contribution in [0, 0.1) is 5.92 Å². The van der Waals surface area contributed by atoms with Gasteiger partial charge < -0.3 is 20.3 Å². The van der Waals surface area contributed by atoms with Crippen LogP contribution >= 0.6 is 0 Å². The van der Waals surface area contributed by atoms with E-state index in [0.717, 1.165) is 11.3 Å². The molecule has 1 aromatic carbocycles. The minimum atomic E-state index is -0.274. The molecule has 0 aliphatic carbocycles. The van der Waals surface area contributed by atoms with Gasteiger partial charge in [-0.05, 0) is 30.5 Å². The summed E-state index contributed by atoms with van der Waals surface area (Å²) in [4.78, 5) is 24.9. The molecular formula is C16H23N3O3. The lowest BCUT2D eigenvalue weighted by Crippen LogP contribution is -2.38. The van der Waals surface area contributed by atoms with Gasteiger partial charge in [-0.15, -0.1) is 0 Å². The lowest BCUT2D eigenvalue weighted by Gasteiger charge is -2.18. The molecule has 0 aromatic heterocycles. The fourth-order valence-corrected chi connectivity index (χ4v) is 2.02. The first-order chi connectivity index (χ1) is 10.5. The number of urea groups is 1. The summed E-state index contributed by atoms with van der Waals surface area (Å²) >= 11 is 0. The van der Waals surface area contributed by atoms with Crippen LogP contribution < -0.4 is 10.6 Å². The van der Waals surface area contributed by atoms with E-state index in [4.69, 9.17) is 4.74 Å². The molecule has 1 heterocycles. The highest BCUT2D eigenvalue weighted by Gasteiger charge is 2.21. The van der Waals surface area contributed by atoms with Crippen molar-refractivity contribution >= 4 is 17.8 Å². The summed E-state index contributed by atoms with van der Waals surface area (Å²) in [5, 5.41) is 5.69. The third kappa shape index (κ3) is 4.38. The summed E-state index contributed by atoms with van der Waals surface area (Å²) in [6.45, 7) is 7.69. The van der Waals surface area contributed by atoms with Crippen LogP contribution in [0.1, 0.15) is 26.3 Å². The molecule has 2 rings (SSSR count). The van der Waals surface area contributed by atoms with Gasteiger partial charge in [0.25, 0.3) is 0 Å². The van der Waals surface area contributed by atoms with Gasteiger partial charge in [0, 0.05) is 18.3 Å². The van der Waals surface area contributed by atoms with Crippen molar-refractivity contribution in [2.24, 2.45) is 5.92 Å². The van der Waals surface area contributed by atoms with Crippen molar-refractivity contribution in [3.63, 3.8) is 0 Å². The summed E-state index contributed by atoms with van der Waals surface area (Å²) in [7, 11) is 0. The van der Waals surface area contributed by atoms with Crippen molar-refractivity contribution < 1.29 is 14.3 Å². The standard InChI is InChI=1S/C16H23N3O3/c1-11(2)12(3)17-15(20)18-14-6-4-13(5-7-14)10-19-8-9-22-16(19)21/h4-7,11-12H,8-10H2,1-3H3,(H2,17,18,20). The number of cyclic esters (lactones) is 1. The Morgan fingerprint density at radius 3 is 2.50 bits per heavy atom. The van der Waals surface area contributed by atoms with Gasteiger partial charge in [0.1, 0.15) is 6.61 Å². The van der Waals surface area contributed by atoms with E-state index in [1.54, 1.807) is 4.90 Å². The van der Waals surface area contributed by atoms with Gasteiger partial charge in [-0.3, -0.25) is 0 Å². The molecule has 1 atom stereocenters. The highest BCUT2D eigenvalue weighted by molar-refractivity contribution is 5.89. The average Bonchev–Trinajstić information content (AvgIpc) is 2.86. The van der Waals surface area contributed by atoms with Crippen molar-refractivity contribution in [2.75, 3.05) is 18.5 Å². The Labute approximate surface area is 130 Å². The smallest absolute Gasteiger partial charge is 0.410 e. The highest BCUT2D eigenvalue weighted by atomic mass is 16.6. The van der Waals surface area contributed by atoms with Crippen LogP contribution in [0.15, 0.2) is 24.3 Å². The van der Waals surface area contributed by atoms with Gasteiger partial charge >= 0.3 is 12.1 Å². The number of nitrogens with zero attached hydrogens (tertiary/aromatic N) is 1. The lowest BCUT2D eigenvalue weighted by molar-refractivity contribution is 0.157.